The van der Waals surface area contributed by atoms with Gasteiger partial charge in [0.25, 0.3) is 0 Å². The van der Waals surface area contributed by atoms with Crippen LogP contribution < -0.4 is 5.32 Å². The molecule has 0 atom stereocenters. The Balaban J connectivity index is 1.82. The molecule has 1 aromatic rings. The summed E-state index contributed by atoms with van der Waals surface area (Å²) >= 11 is 5.12. The second-order valence-corrected chi connectivity index (χ2v) is 4.81. The fourth-order valence-corrected chi connectivity index (χ4v) is 2.21. The lowest BCUT2D eigenvalue weighted by molar-refractivity contribution is 0.0398. The molecule has 0 saturated carbocycles. The second kappa shape index (κ2) is 7.54. The predicted octanol–water partition coefficient (Wildman–Crippen LogP) is 1.03. The maximum Gasteiger partial charge on any atom is 0.135 e. The number of aromatic amines is 1. The molecule has 1 aliphatic rings. The highest BCUT2D eigenvalue weighted by molar-refractivity contribution is 7.71. The van der Waals surface area contributed by atoms with Gasteiger partial charge in [0.1, 0.15) is 22.9 Å². The van der Waals surface area contributed by atoms with Crippen molar-refractivity contribution in [2.24, 2.45) is 0 Å². The van der Waals surface area contributed by atoms with E-state index in [1.807, 2.05) is 6.07 Å². The Hall–Kier alpha value is -1.02. The first-order chi connectivity index (χ1) is 9.28. The Labute approximate surface area is 118 Å². The molecule has 2 N–H and O–H groups in total. The van der Waals surface area contributed by atoms with E-state index in [0.717, 1.165) is 51.0 Å². The first-order valence-corrected chi connectivity index (χ1v) is 6.82. The SMILES string of the molecule is COCc1nc(=S)cc(NCCN2CCOCC2)[nH]1. The number of rotatable bonds is 6. The van der Waals surface area contributed by atoms with Crippen LogP contribution in [0.3, 0.4) is 0 Å². The maximum absolute atomic E-state index is 5.32. The number of nitrogens with zero attached hydrogens (tertiary/aromatic N) is 2. The van der Waals surface area contributed by atoms with Crippen molar-refractivity contribution in [2.45, 2.75) is 6.61 Å². The van der Waals surface area contributed by atoms with E-state index in [2.05, 4.69) is 20.2 Å². The quantitative estimate of drug-likeness (QED) is 0.761. The minimum absolute atomic E-state index is 0.433. The van der Waals surface area contributed by atoms with Gasteiger partial charge in [0.15, 0.2) is 0 Å². The predicted molar refractivity (Wildman–Crippen MR) is 75.9 cm³/mol. The van der Waals surface area contributed by atoms with Crippen molar-refractivity contribution in [1.82, 2.24) is 14.9 Å². The molecule has 0 amide bonds. The van der Waals surface area contributed by atoms with Crippen LogP contribution in [0.25, 0.3) is 0 Å². The van der Waals surface area contributed by atoms with Gasteiger partial charge < -0.3 is 19.8 Å². The summed E-state index contributed by atoms with van der Waals surface area (Å²) in [6.45, 7) is 5.95. The van der Waals surface area contributed by atoms with Crippen LogP contribution in [0.1, 0.15) is 5.82 Å². The number of aromatic nitrogens is 2. The third-order valence-corrected chi connectivity index (χ3v) is 3.13. The highest BCUT2D eigenvalue weighted by Crippen LogP contribution is 2.05. The highest BCUT2D eigenvalue weighted by atomic mass is 32.1. The summed E-state index contributed by atoms with van der Waals surface area (Å²) in [7, 11) is 1.64. The van der Waals surface area contributed by atoms with Gasteiger partial charge in [-0.2, -0.15) is 0 Å². The van der Waals surface area contributed by atoms with Gasteiger partial charge in [0, 0.05) is 39.4 Å². The third-order valence-electron chi connectivity index (χ3n) is 2.92. The van der Waals surface area contributed by atoms with Crippen LogP contribution in [0.4, 0.5) is 5.82 Å². The van der Waals surface area contributed by atoms with Gasteiger partial charge in [0.05, 0.1) is 13.2 Å². The van der Waals surface area contributed by atoms with E-state index in [4.69, 9.17) is 21.7 Å². The zero-order chi connectivity index (χ0) is 13.5. The van der Waals surface area contributed by atoms with Gasteiger partial charge >= 0.3 is 0 Å². The molecule has 19 heavy (non-hydrogen) atoms. The Bertz CT molecular complexity index is 446. The number of H-pyrrole nitrogens is 1. The smallest absolute Gasteiger partial charge is 0.135 e. The van der Waals surface area contributed by atoms with Crippen LogP contribution in [0.2, 0.25) is 0 Å². The maximum atomic E-state index is 5.32. The third kappa shape index (κ3) is 4.87. The molecule has 0 bridgehead atoms. The molecule has 0 aliphatic carbocycles. The summed E-state index contributed by atoms with van der Waals surface area (Å²) in [6.07, 6.45) is 0. The first kappa shape index (κ1) is 14.4. The van der Waals surface area contributed by atoms with E-state index in [1.165, 1.54) is 0 Å². The Kier molecular flexibility index (Phi) is 5.71. The molecule has 7 heteroatoms. The molecule has 106 valence electrons. The van der Waals surface area contributed by atoms with Crippen molar-refractivity contribution in [2.75, 3.05) is 51.8 Å². The van der Waals surface area contributed by atoms with Crippen molar-refractivity contribution in [1.29, 1.82) is 0 Å². The zero-order valence-electron chi connectivity index (χ0n) is 11.1. The number of ether oxygens (including phenoxy) is 2. The Morgan fingerprint density at radius 1 is 1.53 bits per heavy atom. The molecule has 1 saturated heterocycles. The molecule has 1 aliphatic heterocycles. The van der Waals surface area contributed by atoms with E-state index in [-0.39, 0.29) is 0 Å². The number of hydrogen-bond acceptors (Lipinski definition) is 6. The molecular weight excluding hydrogens is 264 g/mol. The number of nitrogens with one attached hydrogen (secondary N) is 2. The van der Waals surface area contributed by atoms with Crippen LogP contribution >= 0.6 is 12.2 Å². The summed E-state index contributed by atoms with van der Waals surface area (Å²) in [5, 5.41) is 3.33. The van der Waals surface area contributed by atoms with Gasteiger partial charge in [0.2, 0.25) is 0 Å². The van der Waals surface area contributed by atoms with Gasteiger partial charge in [-0.05, 0) is 0 Å². The lowest BCUT2D eigenvalue weighted by Gasteiger charge is -2.26. The Morgan fingerprint density at radius 2 is 2.32 bits per heavy atom. The second-order valence-electron chi connectivity index (χ2n) is 4.39. The number of morpholine rings is 1. The van der Waals surface area contributed by atoms with Crippen molar-refractivity contribution >= 4 is 18.0 Å². The van der Waals surface area contributed by atoms with Crippen molar-refractivity contribution < 1.29 is 9.47 Å². The molecule has 0 spiro atoms. The first-order valence-electron chi connectivity index (χ1n) is 6.41. The van der Waals surface area contributed by atoms with Crippen molar-refractivity contribution in [3.8, 4) is 0 Å². The molecule has 6 nitrogen and oxygen atoms in total. The van der Waals surface area contributed by atoms with E-state index in [1.54, 1.807) is 7.11 Å². The molecule has 0 radical (unpaired) electrons. The molecule has 1 aromatic heterocycles. The highest BCUT2D eigenvalue weighted by Gasteiger charge is 2.09. The minimum Gasteiger partial charge on any atom is -0.379 e. The monoisotopic (exact) mass is 284 g/mol. The summed E-state index contributed by atoms with van der Waals surface area (Å²) in [4.78, 5) is 9.73. The molecule has 0 aromatic carbocycles. The van der Waals surface area contributed by atoms with Gasteiger partial charge in [-0.1, -0.05) is 12.2 Å². The van der Waals surface area contributed by atoms with E-state index in [9.17, 15) is 0 Å². The fraction of sp³-hybridized carbons (Fsp3) is 0.667. The Morgan fingerprint density at radius 3 is 3.05 bits per heavy atom. The molecular formula is C12H20N4O2S. The van der Waals surface area contributed by atoms with Crippen LogP contribution in [0, 0.1) is 4.64 Å². The fourth-order valence-electron chi connectivity index (χ4n) is 1.98. The lowest BCUT2D eigenvalue weighted by Crippen LogP contribution is -2.39. The average Bonchev–Trinajstić information content (AvgIpc) is 2.40. The molecule has 2 heterocycles. The van der Waals surface area contributed by atoms with Crippen LogP contribution in [0.15, 0.2) is 6.07 Å². The summed E-state index contributed by atoms with van der Waals surface area (Å²) in [5.41, 5.74) is 0. The van der Waals surface area contributed by atoms with Crippen LogP contribution in [0.5, 0.6) is 0 Å². The summed E-state index contributed by atoms with van der Waals surface area (Å²) in [5.74, 6) is 1.63. The minimum atomic E-state index is 0.433. The van der Waals surface area contributed by atoms with Gasteiger partial charge in [-0.15, -0.1) is 0 Å². The molecule has 0 unspecified atom stereocenters. The van der Waals surface area contributed by atoms with E-state index >= 15 is 0 Å². The van der Waals surface area contributed by atoms with Crippen molar-refractivity contribution in [3.05, 3.63) is 16.5 Å². The normalized spacial score (nSPS) is 16.5. The summed E-state index contributed by atoms with van der Waals surface area (Å²) < 4.78 is 10.9. The van der Waals surface area contributed by atoms with E-state index in [0.29, 0.717) is 11.2 Å². The van der Waals surface area contributed by atoms with Crippen LogP contribution in [-0.4, -0.2) is 61.4 Å². The number of anilines is 1. The number of hydrogen-bond donors (Lipinski definition) is 2. The zero-order valence-corrected chi connectivity index (χ0v) is 12.0. The van der Waals surface area contributed by atoms with Crippen molar-refractivity contribution in [3.63, 3.8) is 0 Å². The largest absolute Gasteiger partial charge is 0.379 e. The topological polar surface area (TPSA) is 62.4 Å². The van der Waals surface area contributed by atoms with Gasteiger partial charge in [-0.3, -0.25) is 4.90 Å². The number of methoxy groups -OCH3 is 1. The standard InChI is InChI=1S/C12H20N4O2S/c1-17-9-11-14-10(8-12(19)15-11)13-2-3-16-4-6-18-7-5-16/h8H,2-7,9H2,1H3,(H2,13,14,15,19). The van der Waals surface area contributed by atoms with Crippen LogP contribution in [-0.2, 0) is 16.1 Å². The van der Waals surface area contributed by atoms with E-state index < -0.39 is 0 Å². The lowest BCUT2D eigenvalue weighted by atomic mass is 10.4. The average molecular weight is 284 g/mol. The molecule has 2 rings (SSSR count). The van der Waals surface area contributed by atoms with Gasteiger partial charge in [-0.25, -0.2) is 4.98 Å². The summed E-state index contributed by atoms with van der Waals surface area (Å²) in [6, 6.07) is 1.83. The molecule has 1 fully saturated rings.